The molecule has 1 atom stereocenters. The van der Waals surface area contributed by atoms with E-state index in [-0.39, 0.29) is 18.7 Å². The van der Waals surface area contributed by atoms with Gasteiger partial charge in [0.15, 0.2) is 0 Å². The van der Waals surface area contributed by atoms with Crippen molar-refractivity contribution in [2.75, 3.05) is 20.2 Å². The SMILES string of the molecule is CCOC(=O)c1cc2cccnc2c(-c2cccc(C#C[C@]3(O)CCN(C)C3=O)c2)n1. The minimum atomic E-state index is -1.67. The molecule has 7 nitrogen and oxygen atoms in total. The van der Waals surface area contributed by atoms with Gasteiger partial charge in [-0.25, -0.2) is 9.78 Å². The molecule has 4 rings (SSSR count). The van der Waals surface area contributed by atoms with E-state index in [2.05, 4.69) is 21.8 Å². The third-order valence-electron chi connectivity index (χ3n) is 5.13. The first-order chi connectivity index (χ1) is 14.9. The van der Waals surface area contributed by atoms with Gasteiger partial charge in [-0.2, -0.15) is 0 Å². The average Bonchev–Trinajstić information content (AvgIpc) is 3.05. The molecule has 0 spiro atoms. The molecular formula is C24H21N3O4. The van der Waals surface area contributed by atoms with Crippen molar-refractivity contribution >= 4 is 22.8 Å². The monoisotopic (exact) mass is 415 g/mol. The zero-order chi connectivity index (χ0) is 22.0. The van der Waals surface area contributed by atoms with Crippen LogP contribution in [0.2, 0.25) is 0 Å². The largest absolute Gasteiger partial charge is 0.461 e. The van der Waals surface area contributed by atoms with E-state index in [1.165, 1.54) is 4.90 Å². The number of carbonyl (C=O) groups excluding carboxylic acids is 2. The number of rotatable bonds is 3. The molecule has 3 aromatic rings. The van der Waals surface area contributed by atoms with Crippen molar-refractivity contribution in [1.29, 1.82) is 0 Å². The summed E-state index contributed by atoms with van der Waals surface area (Å²) in [4.78, 5) is 34.8. The fourth-order valence-corrected chi connectivity index (χ4v) is 3.49. The third-order valence-corrected chi connectivity index (χ3v) is 5.13. The molecular weight excluding hydrogens is 394 g/mol. The summed E-state index contributed by atoms with van der Waals surface area (Å²) in [5.74, 6) is 4.73. The molecule has 1 amide bonds. The Morgan fingerprint density at radius 2 is 2.13 bits per heavy atom. The number of likely N-dealkylation sites (tertiary alicyclic amines) is 1. The maximum atomic E-state index is 12.3. The first kappa shape index (κ1) is 20.5. The van der Waals surface area contributed by atoms with Crippen LogP contribution in [0.15, 0.2) is 48.7 Å². The van der Waals surface area contributed by atoms with E-state index in [1.807, 2.05) is 12.1 Å². The predicted octanol–water partition coefficient (Wildman–Crippen LogP) is 2.42. The second-order valence-corrected chi connectivity index (χ2v) is 7.32. The topological polar surface area (TPSA) is 92.6 Å². The molecule has 1 saturated heterocycles. The average molecular weight is 415 g/mol. The number of ether oxygens (including phenoxy) is 1. The fraction of sp³-hybridized carbons (Fsp3) is 0.250. The first-order valence-electron chi connectivity index (χ1n) is 9.96. The number of hydrogen-bond donors (Lipinski definition) is 1. The van der Waals surface area contributed by atoms with Gasteiger partial charge in [0.25, 0.3) is 5.91 Å². The molecule has 0 bridgehead atoms. The van der Waals surface area contributed by atoms with Gasteiger partial charge < -0.3 is 14.7 Å². The minimum Gasteiger partial charge on any atom is -0.461 e. The summed E-state index contributed by atoms with van der Waals surface area (Å²) in [6.07, 6.45) is 1.94. The molecule has 2 aromatic heterocycles. The standard InChI is InChI=1S/C24H21N3O4/c1-3-31-22(28)19-15-18-8-5-12-25-20(18)21(26-19)17-7-4-6-16(14-17)9-10-24(30)11-13-27(2)23(24)29/h4-8,12,14-15,30H,3,11,13H2,1-2H3/t24-/m0/s1. The molecule has 1 aliphatic heterocycles. The lowest BCUT2D eigenvalue weighted by Gasteiger charge is -2.13. The highest BCUT2D eigenvalue weighted by atomic mass is 16.5. The van der Waals surface area contributed by atoms with E-state index < -0.39 is 17.5 Å². The van der Waals surface area contributed by atoms with Gasteiger partial charge >= 0.3 is 5.97 Å². The minimum absolute atomic E-state index is 0.197. The summed E-state index contributed by atoms with van der Waals surface area (Å²) in [5, 5.41) is 11.3. The second kappa shape index (κ2) is 8.17. The van der Waals surface area contributed by atoms with Crippen molar-refractivity contribution in [3.05, 3.63) is 59.9 Å². The van der Waals surface area contributed by atoms with Crippen LogP contribution in [0.4, 0.5) is 0 Å². The molecule has 1 N–H and O–H groups in total. The summed E-state index contributed by atoms with van der Waals surface area (Å²) in [6.45, 7) is 2.46. The van der Waals surface area contributed by atoms with Crippen LogP contribution in [0.5, 0.6) is 0 Å². The molecule has 0 saturated carbocycles. The number of fused-ring (bicyclic) bond motifs is 1. The van der Waals surface area contributed by atoms with Gasteiger partial charge in [0.2, 0.25) is 5.60 Å². The second-order valence-electron chi connectivity index (χ2n) is 7.32. The van der Waals surface area contributed by atoms with E-state index in [1.54, 1.807) is 50.5 Å². The molecule has 0 unspecified atom stereocenters. The summed E-state index contributed by atoms with van der Waals surface area (Å²) < 4.78 is 5.11. The molecule has 3 heterocycles. The van der Waals surface area contributed by atoms with Crippen molar-refractivity contribution < 1.29 is 19.4 Å². The molecule has 0 radical (unpaired) electrons. The van der Waals surface area contributed by atoms with E-state index in [0.717, 1.165) is 5.39 Å². The summed E-state index contributed by atoms with van der Waals surface area (Å²) >= 11 is 0. The number of carbonyl (C=O) groups is 2. The van der Waals surface area contributed by atoms with Crippen molar-refractivity contribution in [1.82, 2.24) is 14.9 Å². The number of amides is 1. The van der Waals surface area contributed by atoms with Gasteiger partial charge in [0, 0.05) is 42.7 Å². The maximum Gasteiger partial charge on any atom is 0.356 e. The normalized spacial score (nSPS) is 18.0. The number of hydrogen-bond acceptors (Lipinski definition) is 6. The van der Waals surface area contributed by atoms with Gasteiger partial charge in [-0.1, -0.05) is 30.0 Å². The lowest BCUT2D eigenvalue weighted by atomic mass is 10.0. The van der Waals surface area contributed by atoms with Crippen LogP contribution in [0.3, 0.4) is 0 Å². The maximum absolute atomic E-state index is 12.3. The zero-order valence-corrected chi connectivity index (χ0v) is 17.3. The van der Waals surface area contributed by atoms with Crippen LogP contribution >= 0.6 is 0 Å². The van der Waals surface area contributed by atoms with Gasteiger partial charge in [0.1, 0.15) is 5.69 Å². The Kier molecular flexibility index (Phi) is 5.40. The number of pyridine rings is 2. The van der Waals surface area contributed by atoms with E-state index in [0.29, 0.717) is 28.9 Å². The number of benzene rings is 1. The quantitative estimate of drug-likeness (QED) is 0.522. The summed E-state index contributed by atoms with van der Waals surface area (Å²) in [5.41, 5.74) is 1.03. The summed E-state index contributed by atoms with van der Waals surface area (Å²) in [7, 11) is 1.64. The lowest BCUT2D eigenvalue weighted by Crippen LogP contribution is -2.37. The molecule has 1 aromatic carbocycles. The lowest BCUT2D eigenvalue weighted by molar-refractivity contribution is -0.137. The number of likely N-dealkylation sites (N-methyl/N-ethyl adjacent to an activating group) is 1. The molecule has 1 fully saturated rings. The van der Waals surface area contributed by atoms with Crippen LogP contribution < -0.4 is 0 Å². The third kappa shape index (κ3) is 3.98. The molecule has 7 heteroatoms. The molecule has 1 aliphatic rings. The number of nitrogens with zero attached hydrogens (tertiary/aromatic N) is 3. The molecule has 0 aliphatic carbocycles. The van der Waals surface area contributed by atoms with Crippen LogP contribution in [0.25, 0.3) is 22.2 Å². The Balaban J connectivity index is 1.77. The molecule has 31 heavy (non-hydrogen) atoms. The van der Waals surface area contributed by atoms with Crippen molar-refractivity contribution in [3.63, 3.8) is 0 Å². The van der Waals surface area contributed by atoms with Crippen molar-refractivity contribution in [2.24, 2.45) is 0 Å². The number of aliphatic hydroxyl groups is 1. The summed E-state index contributed by atoms with van der Waals surface area (Å²) in [6, 6.07) is 12.5. The van der Waals surface area contributed by atoms with Crippen LogP contribution in [-0.2, 0) is 9.53 Å². The van der Waals surface area contributed by atoms with Gasteiger partial charge in [0.05, 0.1) is 17.8 Å². The van der Waals surface area contributed by atoms with Gasteiger partial charge in [-0.05, 0) is 31.2 Å². The van der Waals surface area contributed by atoms with E-state index >= 15 is 0 Å². The predicted molar refractivity (Wildman–Crippen MR) is 115 cm³/mol. The Morgan fingerprint density at radius 3 is 2.87 bits per heavy atom. The number of esters is 1. The Labute approximate surface area is 179 Å². The zero-order valence-electron chi connectivity index (χ0n) is 17.3. The fourth-order valence-electron chi connectivity index (χ4n) is 3.49. The first-order valence-corrected chi connectivity index (χ1v) is 9.96. The van der Waals surface area contributed by atoms with Crippen LogP contribution in [0, 0.1) is 11.8 Å². The van der Waals surface area contributed by atoms with Crippen molar-refractivity contribution in [3.8, 4) is 23.1 Å². The highest BCUT2D eigenvalue weighted by molar-refractivity contribution is 5.98. The highest BCUT2D eigenvalue weighted by Crippen LogP contribution is 2.27. The van der Waals surface area contributed by atoms with Crippen molar-refractivity contribution in [2.45, 2.75) is 18.9 Å². The van der Waals surface area contributed by atoms with E-state index in [4.69, 9.17) is 4.74 Å². The smallest absolute Gasteiger partial charge is 0.356 e. The van der Waals surface area contributed by atoms with Crippen LogP contribution in [-0.4, -0.2) is 57.7 Å². The molecule has 156 valence electrons. The number of aromatic nitrogens is 2. The van der Waals surface area contributed by atoms with Crippen LogP contribution in [0.1, 0.15) is 29.4 Å². The van der Waals surface area contributed by atoms with E-state index in [9.17, 15) is 14.7 Å². The van der Waals surface area contributed by atoms with Gasteiger partial charge in [-0.3, -0.25) is 9.78 Å². The Hall–Kier alpha value is -3.76. The Morgan fingerprint density at radius 1 is 1.29 bits per heavy atom. The highest BCUT2D eigenvalue weighted by Gasteiger charge is 2.42. The Bertz CT molecular complexity index is 1240. The van der Waals surface area contributed by atoms with Gasteiger partial charge in [-0.15, -0.1) is 0 Å².